The Morgan fingerprint density at radius 2 is 2.41 bits per heavy atom. The molecule has 2 aromatic rings. The van der Waals surface area contributed by atoms with Crippen molar-refractivity contribution in [3.63, 3.8) is 0 Å². The van der Waals surface area contributed by atoms with Crippen LogP contribution >= 0.6 is 23.1 Å². The van der Waals surface area contributed by atoms with E-state index in [0.717, 1.165) is 22.8 Å². The number of carbonyl (C=O) groups is 1. The van der Waals surface area contributed by atoms with Gasteiger partial charge in [0.2, 0.25) is 0 Å². The number of hydrogen-bond acceptors (Lipinski definition) is 5. The molecule has 0 saturated carbocycles. The van der Waals surface area contributed by atoms with Crippen LogP contribution in [0.1, 0.15) is 20.9 Å². The Bertz CT molecular complexity index is 550. The zero-order chi connectivity index (χ0) is 11.8. The Hall–Kier alpha value is -1.27. The summed E-state index contributed by atoms with van der Waals surface area (Å²) in [7, 11) is 0. The minimum absolute atomic E-state index is 0.00347. The van der Waals surface area contributed by atoms with E-state index in [2.05, 4.69) is 4.98 Å². The van der Waals surface area contributed by atoms with E-state index in [4.69, 9.17) is 9.52 Å². The number of carboxylic acids is 1. The number of thioether (sulfide) groups is 1. The van der Waals surface area contributed by atoms with Gasteiger partial charge in [0, 0.05) is 10.6 Å². The molecule has 6 heteroatoms. The quantitative estimate of drug-likeness (QED) is 0.906. The van der Waals surface area contributed by atoms with Crippen LogP contribution in [-0.2, 0) is 12.2 Å². The van der Waals surface area contributed by atoms with Gasteiger partial charge >= 0.3 is 5.97 Å². The molecule has 0 radical (unpaired) electrons. The maximum absolute atomic E-state index is 11.0. The molecule has 0 atom stereocenters. The molecular weight excluding hydrogens is 258 g/mol. The summed E-state index contributed by atoms with van der Waals surface area (Å²) in [4.78, 5) is 16.9. The van der Waals surface area contributed by atoms with Gasteiger partial charge in [0.25, 0.3) is 0 Å². The molecule has 1 N–H and O–H groups in total. The van der Waals surface area contributed by atoms with Gasteiger partial charge in [-0.1, -0.05) is 0 Å². The third kappa shape index (κ3) is 1.87. The van der Waals surface area contributed by atoms with Crippen LogP contribution in [0.3, 0.4) is 0 Å². The number of hydrogen-bond donors (Lipinski definition) is 1. The standard InChI is InChI=1S/C11H9NO3S2/c13-11(14)9-10(15-5-12-9)8-3-6-4-16-2-1-7(6)17-8/h3,5H,1-2,4H2,(H,13,14). The van der Waals surface area contributed by atoms with Crippen molar-refractivity contribution in [3.05, 3.63) is 28.6 Å². The van der Waals surface area contributed by atoms with Gasteiger partial charge in [0.15, 0.2) is 17.8 Å². The summed E-state index contributed by atoms with van der Waals surface area (Å²) in [6, 6.07) is 2.03. The van der Waals surface area contributed by atoms with Crippen LogP contribution in [0.4, 0.5) is 0 Å². The maximum atomic E-state index is 11.0. The number of rotatable bonds is 2. The van der Waals surface area contributed by atoms with Gasteiger partial charge in [0.05, 0.1) is 4.88 Å². The number of carboxylic acid groups (broad SMARTS) is 1. The molecule has 2 aromatic heterocycles. The van der Waals surface area contributed by atoms with Crippen LogP contribution in [0.5, 0.6) is 0 Å². The molecule has 0 amide bonds. The van der Waals surface area contributed by atoms with Gasteiger partial charge < -0.3 is 9.52 Å². The summed E-state index contributed by atoms with van der Waals surface area (Å²) in [5, 5.41) is 9.00. The van der Waals surface area contributed by atoms with E-state index in [-0.39, 0.29) is 5.69 Å². The third-order valence-corrected chi connectivity index (χ3v) is 4.87. The summed E-state index contributed by atoms with van der Waals surface area (Å²) in [5.74, 6) is 1.47. The molecule has 88 valence electrons. The molecule has 0 aromatic carbocycles. The van der Waals surface area contributed by atoms with Crippen LogP contribution in [-0.4, -0.2) is 21.8 Å². The van der Waals surface area contributed by atoms with Crippen molar-refractivity contribution in [1.29, 1.82) is 0 Å². The zero-order valence-electron chi connectivity index (χ0n) is 8.80. The Morgan fingerprint density at radius 3 is 3.18 bits per heavy atom. The molecule has 1 aliphatic heterocycles. The molecule has 4 nitrogen and oxygen atoms in total. The first-order chi connectivity index (χ1) is 8.25. The van der Waals surface area contributed by atoms with Crippen LogP contribution in [0.2, 0.25) is 0 Å². The summed E-state index contributed by atoms with van der Waals surface area (Å²) < 4.78 is 5.20. The highest BCUT2D eigenvalue weighted by Gasteiger charge is 2.21. The van der Waals surface area contributed by atoms with E-state index >= 15 is 0 Å². The van der Waals surface area contributed by atoms with Crippen molar-refractivity contribution in [1.82, 2.24) is 4.98 Å². The fraction of sp³-hybridized carbons (Fsp3) is 0.273. The zero-order valence-corrected chi connectivity index (χ0v) is 10.4. The predicted molar refractivity (Wildman–Crippen MR) is 66.6 cm³/mol. The summed E-state index contributed by atoms with van der Waals surface area (Å²) in [6.45, 7) is 0. The van der Waals surface area contributed by atoms with E-state index in [1.165, 1.54) is 16.8 Å². The fourth-order valence-corrected chi connectivity index (χ4v) is 4.19. The topological polar surface area (TPSA) is 63.3 Å². The molecule has 0 spiro atoms. The first-order valence-corrected chi connectivity index (χ1v) is 7.09. The first kappa shape index (κ1) is 10.9. The number of aromatic nitrogens is 1. The van der Waals surface area contributed by atoms with Gasteiger partial charge in [0.1, 0.15) is 0 Å². The SMILES string of the molecule is O=C(O)c1ncoc1-c1cc2c(s1)CCSC2. The van der Waals surface area contributed by atoms with E-state index in [0.29, 0.717) is 5.76 Å². The Balaban J connectivity index is 2.06. The monoisotopic (exact) mass is 267 g/mol. The van der Waals surface area contributed by atoms with Crippen LogP contribution in [0.15, 0.2) is 16.9 Å². The van der Waals surface area contributed by atoms with Crippen molar-refractivity contribution < 1.29 is 14.3 Å². The van der Waals surface area contributed by atoms with Crippen LogP contribution < -0.4 is 0 Å². The van der Waals surface area contributed by atoms with Crippen LogP contribution in [0, 0.1) is 0 Å². The molecule has 0 aliphatic carbocycles. The van der Waals surface area contributed by atoms with E-state index in [9.17, 15) is 4.79 Å². The van der Waals surface area contributed by atoms with E-state index in [1.54, 1.807) is 11.3 Å². The number of nitrogens with zero attached hydrogens (tertiary/aromatic N) is 1. The Kier molecular flexibility index (Phi) is 2.68. The Morgan fingerprint density at radius 1 is 1.53 bits per heavy atom. The first-order valence-electron chi connectivity index (χ1n) is 5.12. The lowest BCUT2D eigenvalue weighted by Crippen LogP contribution is -1.97. The van der Waals surface area contributed by atoms with Gasteiger partial charge in [-0.3, -0.25) is 0 Å². The molecule has 0 fully saturated rings. The highest BCUT2D eigenvalue weighted by molar-refractivity contribution is 7.98. The number of aromatic carboxylic acids is 1. The third-order valence-electron chi connectivity index (χ3n) is 2.62. The molecule has 17 heavy (non-hydrogen) atoms. The van der Waals surface area contributed by atoms with Crippen LogP contribution in [0.25, 0.3) is 10.6 Å². The second-order valence-electron chi connectivity index (χ2n) is 3.70. The Labute approximate surface area is 106 Å². The molecule has 0 unspecified atom stereocenters. The van der Waals surface area contributed by atoms with Gasteiger partial charge in [-0.15, -0.1) is 11.3 Å². The minimum atomic E-state index is -1.05. The van der Waals surface area contributed by atoms with Crippen molar-refractivity contribution >= 4 is 29.1 Å². The number of oxazole rings is 1. The average molecular weight is 267 g/mol. The summed E-state index contributed by atoms with van der Waals surface area (Å²) in [6.07, 6.45) is 2.24. The molecule has 0 bridgehead atoms. The predicted octanol–water partition coefficient (Wildman–Crippen LogP) is 2.89. The lowest BCUT2D eigenvalue weighted by molar-refractivity contribution is 0.0691. The van der Waals surface area contributed by atoms with E-state index in [1.807, 2.05) is 17.8 Å². The highest BCUT2D eigenvalue weighted by Crippen LogP contribution is 2.37. The molecule has 1 aliphatic rings. The second kappa shape index (κ2) is 4.19. The molecular formula is C11H9NO3S2. The smallest absolute Gasteiger partial charge is 0.358 e. The van der Waals surface area contributed by atoms with E-state index < -0.39 is 5.97 Å². The van der Waals surface area contributed by atoms with Crippen molar-refractivity contribution in [3.8, 4) is 10.6 Å². The largest absolute Gasteiger partial charge is 0.476 e. The number of aryl methyl sites for hydroxylation is 1. The van der Waals surface area contributed by atoms with Crippen molar-refractivity contribution in [2.45, 2.75) is 12.2 Å². The van der Waals surface area contributed by atoms with Crippen molar-refractivity contribution in [2.24, 2.45) is 0 Å². The molecule has 3 rings (SSSR count). The number of fused-ring (bicyclic) bond motifs is 1. The lowest BCUT2D eigenvalue weighted by Gasteiger charge is -2.08. The normalized spacial score (nSPS) is 14.6. The van der Waals surface area contributed by atoms with Gasteiger partial charge in [-0.05, 0) is 23.8 Å². The summed E-state index contributed by atoms with van der Waals surface area (Å²) >= 11 is 3.52. The van der Waals surface area contributed by atoms with Crippen molar-refractivity contribution in [2.75, 3.05) is 5.75 Å². The van der Waals surface area contributed by atoms with Gasteiger partial charge in [-0.25, -0.2) is 9.78 Å². The summed E-state index contributed by atoms with van der Waals surface area (Å²) in [5.41, 5.74) is 1.30. The minimum Gasteiger partial charge on any atom is -0.476 e. The maximum Gasteiger partial charge on any atom is 0.358 e. The second-order valence-corrected chi connectivity index (χ2v) is 5.94. The average Bonchev–Trinajstić information content (AvgIpc) is 2.95. The molecule has 0 saturated heterocycles. The highest BCUT2D eigenvalue weighted by atomic mass is 32.2. The lowest BCUT2D eigenvalue weighted by atomic mass is 10.2. The van der Waals surface area contributed by atoms with Gasteiger partial charge in [-0.2, -0.15) is 11.8 Å². The number of thiophene rings is 1. The fourth-order valence-electron chi connectivity index (χ4n) is 1.83. The molecule has 3 heterocycles.